The molecule has 112 valence electrons. The number of benzene rings is 1. The van der Waals surface area contributed by atoms with Gasteiger partial charge in [0.25, 0.3) is 0 Å². The number of rotatable bonds is 2. The Hall–Kier alpha value is -1.86. The Morgan fingerprint density at radius 3 is 2.81 bits per heavy atom. The number of nitrogens with two attached hydrogens (primary N) is 1. The molecule has 0 atom stereocenters. The van der Waals surface area contributed by atoms with Crippen molar-refractivity contribution in [1.29, 1.82) is 0 Å². The fraction of sp³-hybridized carbons (Fsp3) is 0.357. The number of hydrogen-bond donors (Lipinski definition) is 1. The molecule has 2 amide bonds. The molecule has 0 spiro atoms. The van der Waals surface area contributed by atoms with Gasteiger partial charge in [0, 0.05) is 0 Å². The van der Waals surface area contributed by atoms with Crippen molar-refractivity contribution in [2.75, 3.05) is 10.7 Å². The second-order valence-electron chi connectivity index (χ2n) is 5.01. The van der Waals surface area contributed by atoms with Crippen molar-refractivity contribution in [3.05, 3.63) is 29.3 Å². The third-order valence-electron chi connectivity index (χ3n) is 3.10. The Morgan fingerprint density at radius 2 is 2.19 bits per heavy atom. The molecule has 1 saturated heterocycles. The first kappa shape index (κ1) is 15.5. The Bertz CT molecular complexity index is 613. The molecule has 0 bridgehead atoms. The first-order valence-electron chi connectivity index (χ1n) is 6.49. The van der Waals surface area contributed by atoms with Gasteiger partial charge in [0.15, 0.2) is 5.17 Å². The summed E-state index contributed by atoms with van der Waals surface area (Å²) < 4.78 is 0. The summed E-state index contributed by atoms with van der Waals surface area (Å²) in [5.41, 5.74) is 2.80. The maximum atomic E-state index is 12.2. The van der Waals surface area contributed by atoms with E-state index in [0.717, 1.165) is 16.8 Å². The van der Waals surface area contributed by atoms with E-state index in [9.17, 15) is 9.59 Å². The number of thioether (sulfide) groups is 1. The maximum absolute atomic E-state index is 12.2. The summed E-state index contributed by atoms with van der Waals surface area (Å²) in [4.78, 5) is 32.7. The van der Waals surface area contributed by atoms with Gasteiger partial charge in [-0.15, -0.1) is 4.99 Å². The number of amides is 2. The number of nitrogens with zero attached hydrogens (tertiary/aromatic N) is 2. The minimum atomic E-state index is -0.920. The van der Waals surface area contributed by atoms with E-state index in [0.29, 0.717) is 5.17 Å². The van der Waals surface area contributed by atoms with E-state index in [1.54, 1.807) is 0 Å². The van der Waals surface area contributed by atoms with E-state index in [2.05, 4.69) is 9.83 Å². The van der Waals surface area contributed by atoms with Gasteiger partial charge in [-0.1, -0.05) is 37.7 Å². The number of amidine groups is 1. The van der Waals surface area contributed by atoms with Crippen LogP contribution in [0.1, 0.15) is 30.9 Å². The van der Waals surface area contributed by atoms with Crippen LogP contribution in [0.3, 0.4) is 0 Å². The molecule has 2 rings (SSSR count). The van der Waals surface area contributed by atoms with Gasteiger partial charge in [0.2, 0.25) is 5.91 Å². The summed E-state index contributed by atoms with van der Waals surface area (Å²) in [5, 5.41) is 0.294. The largest absolute Gasteiger partial charge is 0.454 e. The topological polar surface area (TPSA) is 85.0 Å². The average Bonchev–Trinajstić information content (AvgIpc) is 2.78. The number of aryl methyl sites for hydroxylation is 1. The molecule has 21 heavy (non-hydrogen) atoms. The average molecular weight is 307 g/mol. The minimum absolute atomic E-state index is 0.115. The van der Waals surface area contributed by atoms with Crippen LogP contribution < -0.4 is 10.8 Å². The van der Waals surface area contributed by atoms with Crippen molar-refractivity contribution >= 4 is 34.6 Å². The van der Waals surface area contributed by atoms with Crippen LogP contribution in [0.15, 0.2) is 23.2 Å². The molecule has 6 nitrogen and oxygen atoms in total. The van der Waals surface area contributed by atoms with Crippen molar-refractivity contribution in [2.45, 2.75) is 26.7 Å². The van der Waals surface area contributed by atoms with Crippen LogP contribution in [0, 0.1) is 6.92 Å². The van der Waals surface area contributed by atoms with Crippen LogP contribution >= 0.6 is 11.8 Å². The predicted octanol–water partition coefficient (Wildman–Crippen LogP) is 2.56. The molecule has 0 aliphatic carbocycles. The van der Waals surface area contributed by atoms with Gasteiger partial charge in [-0.05, 0) is 30.0 Å². The lowest BCUT2D eigenvalue weighted by molar-refractivity contribution is -0.115. The van der Waals surface area contributed by atoms with Crippen molar-refractivity contribution in [3.63, 3.8) is 0 Å². The molecule has 0 unspecified atom stereocenters. The molecule has 0 aromatic heterocycles. The monoisotopic (exact) mass is 307 g/mol. The maximum Gasteiger partial charge on any atom is 0.454 e. The minimum Gasteiger partial charge on any atom is -0.355 e. The summed E-state index contributed by atoms with van der Waals surface area (Å²) >= 11 is 1.19. The molecule has 2 N–H and O–H groups in total. The zero-order chi connectivity index (χ0) is 15.6. The molecular weight excluding hydrogens is 290 g/mol. The van der Waals surface area contributed by atoms with Crippen LogP contribution in [-0.4, -0.2) is 22.9 Å². The standard InChI is InChI=1S/C14H17N3O3S/c1-8(2)10-5-4-9(3)6-11(10)17-12(18)7-21-13(17)16-14(19)20-15/h4-6,8H,7,15H2,1-3H3/b16-13-. The van der Waals surface area contributed by atoms with Crippen LogP contribution in [0.2, 0.25) is 0 Å². The highest BCUT2D eigenvalue weighted by Crippen LogP contribution is 2.34. The van der Waals surface area contributed by atoms with Crippen molar-refractivity contribution in [1.82, 2.24) is 0 Å². The first-order valence-corrected chi connectivity index (χ1v) is 7.48. The summed E-state index contributed by atoms with van der Waals surface area (Å²) in [5.74, 6) is 5.16. The fourth-order valence-electron chi connectivity index (χ4n) is 2.12. The third-order valence-corrected chi connectivity index (χ3v) is 4.03. The van der Waals surface area contributed by atoms with Crippen molar-refractivity contribution < 1.29 is 14.4 Å². The van der Waals surface area contributed by atoms with Crippen molar-refractivity contribution in [3.8, 4) is 0 Å². The number of carbonyl (C=O) groups excluding carboxylic acids is 2. The van der Waals surface area contributed by atoms with Gasteiger partial charge in [-0.2, -0.15) is 5.90 Å². The Labute approximate surface area is 127 Å². The molecule has 1 aromatic carbocycles. The zero-order valence-corrected chi connectivity index (χ0v) is 12.9. The molecule has 1 heterocycles. The molecule has 0 saturated carbocycles. The first-order chi connectivity index (χ1) is 9.93. The number of anilines is 1. The van der Waals surface area contributed by atoms with Gasteiger partial charge in [-0.3, -0.25) is 9.69 Å². The van der Waals surface area contributed by atoms with E-state index < -0.39 is 6.09 Å². The molecule has 1 aliphatic rings. The highest BCUT2D eigenvalue weighted by atomic mass is 32.2. The van der Waals surface area contributed by atoms with Crippen LogP contribution in [-0.2, 0) is 9.63 Å². The zero-order valence-electron chi connectivity index (χ0n) is 12.1. The highest BCUT2D eigenvalue weighted by molar-refractivity contribution is 8.15. The van der Waals surface area contributed by atoms with E-state index in [-0.39, 0.29) is 17.6 Å². The molecule has 1 aromatic rings. The number of aliphatic imine (C=N–C) groups is 1. The summed E-state index contributed by atoms with van der Waals surface area (Å²) in [7, 11) is 0. The quantitative estimate of drug-likeness (QED) is 0.849. The van der Waals surface area contributed by atoms with E-state index in [1.165, 1.54) is 16.7 Å². The Balaban J connectivity index is 2.52. The lowest BCUT2D eigenvalue weighted by Gasteiger charge is -2.22. The van der Waals surface area contributed by atoms with Gasteiger partial charge in [-0.25, -0.2) is 4.79 Å². The second-order valence-corrected chi connectivity index (χ2v) is 5.96. The SMILES string of the molecule is Cc1ccc(C(C)C)c(N2C(=O)CS/C2=N\C(=O)ON)c1. The van der Waals surface area contributed by atoms with Gasteiger partial charge < -0.3 is 4.84 Å². The summed E-state index contributed by atoms with van der Waals surface area (Å²) in [6.07, 6.45) is -0.920. The lowest BCUT2D eigenvalue weighted by atomic mass is 9.99. The number of hydrogen-bond acceptors (Lipinski definition) is 5. The molecule has 7 heteroatoms. The Kier molecular flexibility index (Phi) is 4.64. The Morgan fingerprint density at radius 1 is 1.48 bits per heavy atom. The van der Waals surface area contributed by atoms with Gasteiger partial charge >= 0.3 is 6.09 Å². The molecular formula is C14H17N3O3S. The van der Waals surface area contributed by atoms with Crippen molar-refractivity contribution in [2.24, 2.45) is 10.9 Å². The molecule has 0 radical (unpaired) electrons. The third kappa shape index (κ3) is 3.25. The predicted molar refractivity (Wildman–Crippen MR) is 83.3 cm³/mol. The van der Waals surface area contributed by atoms with E-state index in [4.69, 9.17) is 5.90 Å². The van der Waals surface area contributed by atoms with Crippen LogP contribution in [0.5, 0.6) is 0 Å². The fourth-order valence-corrected chi connectivity index (χ4v) is 2.97. The smallest absolute Gasteiger partial charge is 0.355 e. The lowest BCUT2D eigenvalue weighted by Crippen LogP contribution is -2.31. The van der Waals surface area contributed by atoms with Crippen LogP contribution in [0.25, 0.3) is 0 Å². The number of carbonyl (C=O) groups is 2. The normalized spacial score (nSPS) is 16.9. The second kappa shape index (κ2) is 6.28. The molecule has 1 aliphatic heterocycles. The van der Waals surface area contributed by atoms with E-state index in [1.807, 2.05) is 39.0 Å². The molecule has 1 fully saturated rings. The van der Waals surface area contributed by atoms with Crippen LogP contribution in [0.4, 0.5) is 10.5 Å². The highest BCUT2D eigenvalue weighted by Gasteiger charge is 2.32. The summed E-state index contributed by atoms with van der Waals surface area (Å²) in [6.45, 7) is 6.05. The van der Waals surface area contributed by atoms with Gasteiger partial charge in [0.1, 0.15) is 0 Å². The van der Waals surface area contributed by atoms with E-state index >= 15 is 0 Å². The summed E-state index contributed by atoms with van der Waals surface area (Å²) in [6, 6.07) is 5.91. The van der Waals surface area contributed by atoms with Gasteiger partial charge in [0.05, 0.1) is 11.4 Å².